The summed E-state index contributed by atoms with van der Waals surface area (Å²) in [7, 11) is 0. The van der Waals surface area contributed by atoms with E-state index in [1.807, 2.05) is 18.2 Å². The maximum Gasteiger partial charge on any atom is 0.123 e. The Morgan fingerprint density at radius 2 is 2.10 bits per heavy atom. The highest BCUT2D eigenvalue weighted by Crippen LogP contribution is 2.31. The van der Waals surface area contributed by atoms with Gasteiger partial charge in [-0.05, 0) is 41.8 Å². The van der Waals surface area contributed by atoms with Gasteiger partial charge in [-0.2, -0.15) is 0 Å². The summed E-state index contributed by atoms with van der Waals surface area (Å²) < 4.78 is 5.94. The summed E-state index contributed by atoms with van der Waals surface area (Å²) >= 11 is 6.01. The molecule has 2 nitrogen and oxygen atoms in total. The average molecular weight is 288 g/mol. The van der Waals surface area contributed by atoms with E-state index >= 15 is 0 Å². The lowest BCUT2D eigenvalue weighted by atomic mass is 10.1. The normalized spacial score (nSPS) is 16.6. The number of ether oxygens (including phenoxy) is 1. The molecule has 0 saturated carbocycles. The number of anilines is 1. The predicted octanol–water partition coefficient (Wildman–Crippen LogP) is 4.32. The Kier molecular flexibility index (Phi) is 3.83. The van der Waals surface area contributed by atoms with Crippen molar-refractivity contribution < 1.29 is 4.74 Å². The van der Waals surface area contributed by atoms with Crippen molar-refractivity contribution in [3.05, 3.63) is 58.6 Å². The van der Waals surface area contributed by atoms with Crippen LogP contribution in [0.1, 0.15) is 18.1 Å². The van der Waals surface area contributed by atoms with E-state index in [1.54, 1.807) is 0 Å². The van der Waals surface area contributed by atoms with Crippen molar-refractivity contribution in [3.8, 4) is 5.75 Å². The number of fused-ring (bicyclic) bond motifs is 1. The van der Waals surface area contributed by atoms with Crippen molar-refractivity contribution in [1.82, 2.24) is 0 Å². The quantitative estimate of drug-likeness (QED) is 0.904. The van der Waals surface area contributed by atoms with E-state index in [-0.39, 0.29) is 6.10 Å². The first-order valence-corrected chi connectivity index (χ1v) is 7.41. The number of para-hydroxylation sites is 1. The summed E-state index contributed by atoms with van der Waals surface area (Å²) in [6.45, 7) is 2.98. The molecule has 0 fully saturated rings. The van der Waals surface area contributed by atoms with Gasteiger partial charge in [-0.1, -0.05) is 36.7 Å². The van der Waals surface area contributed by atoms with Crippen molar-refractivity contribution in [2.75, 3.05) is 11.9 Å². The first-order valence-electron chi connectivity index (χ1n) is 7.03. The van der Waals surface area contributed by atoms with E-state index < -0.39 is 0 Å². The van der Waals surface area contributed by atoms with E-state index in [4.69, 9.17) is 16.3 Å². The minimum Gasteiger partial charge on any atom is -0.488 e. The molecule has 3 rings (SSSR count). The second-order valence-electron chi connectivity index (χ2n) is 5.09. The summed E-state index contributed by atoms with van der Waals surface area (Å²) in [5.74, 6) is 0.963. The fraction of sp³-hybridized carbons (Fsp3) is 0.294. The molecule has 0 amide bonds. The molecule has 1 unspecified atom stereocenters. The van der Waals surface area contributed by atoms with Gasteiger partial charge in [-0.15, -0.1) is 0 Å². The van der Waals surface area contributed by atoms with Gasteiger partial charge >= 0.3 is 0 Å². The molecule has 0 spiro atoms. The lowest BCUT2D eigenvalue weighted by Crippen LogP contribution is -2.24. The smallest absolute Gasteiger partial charge is 0.123 e. The predicted molar refractivity (Wildman–Crippen MR) is 83.9 cm³/mol. The van der Waals surface area contributed by atoms with Crippen molar-refractivity contribution in [3.63, 3.8) is 0 Å². The number of aryl methyl sites for hydroxylation is 1. The Hall–Kier alpha value is -1.67. The van der Waals surface area contributed by atoms with E-state index in [2.05, 4.69) is 36.5 Å². The Morgan fingerprint density at radius 1 is 1.25 bits per heavy atom. The Bertz CT molecular complexity index is 612. The van der Waals surface area contributed by atoms with Gasteiger partial charge in [0.25, 0.3) is 0 Å². The SMILES string of the molecule is CCc1ccccc1NCC1Cc2cc(Cl)ccc2O1. The lowest BCUT2D eigenvalue weighted by molar-refractivity contribution is 0.246. The Balaban J connectivity index is 1.64. The molecule has 1 aliphatic heterocycles. The third kappa shape index (κ3) is 2.75. The van der Waals surface area contributed by atoms with Crippen LogP contribution in [-0.4, -0.2) is 12.6 Å². The highest BCUT2D eigenvalue weighted by atomic mass is 35.5. The highest BCUT2D eigenvalue weighted by molar-refractivity contribution is 6.30. The van der Waals surface area contributed by atoms with Gasteiger partial charge in [-0.3, -0.25) is 0 Å². The van der Waals surface area contributed by atoms with Crippen molar-refractivity contribution in [1.29, 1.82) is 0 Å². The summed E-state index contributed by atoms with van der Waals surface area (Å²) in [6, 6.07) is 14.3. The maximum atomic E-state index is 6.01. The molecular formula is C17H18ClNO. The molecule has 2 aromatic carbocycles. The zero-order valence-corrected chi connectivity index (χ0v) is 12.3. The molecule has 104 valence electrons. The number of halogens is 1. The minimum absolute atomic E-state index is 0.174. The summed E-state index contributed by atoms with van der Waals surface area (Å²) in [4.78, 5) is 0. The number of hydrogen-bond donors (Lipinski definition) is 1. The van der Waals surface area contributed by atoms with Crippen molar-refractivity contribution in [2.24, 2.45) is 0 Å². The van der Waals surface area contributed by atoms with Crippen LogP contribution in [0.2, 0.25) is 5.02 Å². The number of rotatable bonds is 4. The molecule has 20 heavy (non-hydrogen) atoms. The van der Waals surface area contributed by atoms with Crippen LogP contribution in [-0.2, 0) is 12.8 Å². The van der Waals surface area contributed by atoms with Crippen LogP contribution in [0.4, 0.5) is 5.69 Å². The summed E-state index contributed by atoms with van der Waals surface area (Å²) in [5.41, 5.74) is 3.74. The third-order valence-electron chi connectivity index (χ3n) is 3.68. The second-order valence-corrected chi connectivity index (χ2v) is 5.52. The first kappa shape index (κ1) is 13.3. The van der Waals surface area contributed by atoms with Crippen LogP contribution in [0.5, 0.6) is 5.75 Å². The maximum absolute atomic E-state index is 6.01. The molecule has 0 bridgehead atoms. The zero-order valence-electron chi connectivity index (χ0n) is 11.5. The molecule has 1 N–H and O–H groups in total. The third-order valence-corrected chi connectivity index (χ3v) is 3.92. The van der Waals surface area contributed by atoms with Crippen molar-refractivity contribution >= 4 is 17.3 Å². The number of benzene rings is 2. The molecule has 1 aliphatic rings. The molecule has 1 heterocycles. The highest BCUT2D eigenvalue weighted by Gasteiger charge is 2.22. The van der Waals surface area contributed by atoms with E-state index in [1.165, 1.54) is 16.8 Å². The van der Waals surface area contributed by atoms with Crippen LogP contribution < -0.4 is 10.1 Å². The molecule has 2 aromatic rings. The Labute approximate surface area is 124 Å². The first-order chi connectivity index (χ1) is 9.76. The van der Waals surface area contributed by atoms with Gasteiger partial charge in [0, 0.05) is 17.1 Å². The van der Waals surface area contributed by atoms with Crippen LogP contribution in [0.25, 0.3) is 0 Å². The van der Waals surface area contributed by atoms with Gasteiger partial charge < -0.3 is 10.1 Å². The van der Waals surface area contributed by atoms with Gasteiger partial charge in [0.05, 0.1) is 6.54 Å². The molecule has 1 atom stereocenters. The summed E-state index contributed by atoms with van der Waals surface area (Å²) in [6.07, 6.45) is 2.12. The van der Waals surface area contributed by atoms with Gasteiger partial charge in [-0.25, -0.2) is 0 Å². The van der Waals surface area contributed by atoms with E-state index in [9.17, 15) is 0 Å². The van der Waals surface area contributed by atoms with Crippen LogP contribution in [0, 0.1) is 0 Å². The Morgan fingerprint density at radius 3 is 2.95 bits per heavy atom. The number of nitrogens with one attached hydrogen (secondary N) is 1. The topological polar surface area (TPSA) is 21.3 Å². The average Bonchev–Trinajstić information content (AvgIpc) is 2.87. The van der Waals surface area contributed by atoms with E-state index in [0.717, 1.165) is 30.2 Å². The molecule has 0 aromatic heterocycles. The van der Waals surface area contributed by atoms with Crippen LogP contribution in [0.3, 0.4) is 0 Å². The monoisotopic (exact) mass is 287 g/mol. The molecular weight excluding hydrogens is 270 g/mol. The van der Waals surface area contributed by atoms with Crippen LogP contribution >= 0.6 is 11.6 Å². The van der Waals surface area contributed by atoms with Crippen LogP contribution in [0.15, 0.2) is 42.5 Å². The molecule has 3 heteroatoms. The standard InChI is InChI=1S/C17H18ClNO/c1-2-12-5-3-4-6-16(12)19-11-15-10-13-9-14(18)7-8-17(13)20-15/h3-9,15,19H,2,10-11H2,1H3. The minimum atomic E-state index is 0.174. The fourth-order valence-corrected chi connectivity index (χ4v) is 2.82. The van der Waals surface area contributed by atoms with Gasteiger partial charge in [0.2, 0.25) is 0 Å². The summed E-state index contributed by atoms with van der Waals surface area (Å²) in [5, 5.41) is 4.27. The lowest BCUT2D eigenvalue weighted by Gasteiger charge is -2.15. The molecule has 0 saturated heterocycles. The van der Waals surface area contributed by atoms with Crippen molar-refractivity contribution in [2.45, 2.75) is 25.9 Å². The largest absolute Gasteiger partial charge is 0.488 e. The second kappa shape index (κ2) is 5.76. The number of hydrogen-bond acceptors (Lipinski definition) is 2. The molecule has 0 aliphatic carbocycles. The van der Waals surface area contributed by atoms with Gasteiger partial charge in [0.15, 0.2) is 0 Å². The molecule has 0 radical (unpaired) electrons. The zero-order chi connectivity index (χ0) is 13.9. The fourth-order valence-electron chi connectivity index (χ4n) is 2.63. The van der Waals surface area contributed by atoms with Gasteiger partial charge in [0.1, 0.15) is 11.9 Å². The van der Waals surface area contributed by atoms with E-state index in [0.29, 0.717) is 0 Å².